The summed E-state index contributed by atoms with van der Waals surface area (Å²) in [7, 11) is 1.97. The van der Waals surface area contributed by atoms with Gasteiger partial charge in [0.05, 0.1) is 5.92 Å². The molecule has 3 amide bonds. The zero-order chi connectivity index (χ0) is 16.2. The van der Waals surface area contributed by atoms with Crippen LogP contribution in [0.1, 0.15) is 32.1 Å². The maximum Gasteiger partial charge on any atom is 0.320 e. The highest BCUT2D eigenvalue weighted by Crippen LogP contribution is 2.24. The van der Waals surface area contributed by atoms with Gasteiger partial charge in [-0.15, -0.1) is 0 Å². The van der Waals surface area contributed by atoms with E-state index in [2.05, 4.69) is 5.32 Å². The SMILES string of the molecule is CNCC1CCN(C(=O)C2CCCN(C(=O)N3CCCC3)C2)C1. The van der Waals surface area contributed by atoms with E-state index >= 15 is 0 Å². The molecule has 0 aromatic rings. The smallest absolute Gasteiger partial charge is 0.320 e. The van der Waals surface area contributed by atoms with Gasteiger partial charge < -0.3 is 20.0 Å². The predicted molar refractivity (Wildman–Crippen MR) is 89.1 cm³/mol. The second-order valence-corrected chi connectivity index (χ2v) is 7.26. The molecule has 1 N–H and O–H groups in total. The quantitative estimate of drug-likeness (QED) is 0.843. The van der Waals surface area contributed by atoms with Crippen molar-refractivity contribution >= 4 is 11.9 Å². The molecule has 6 heteroatoms. The third kappa shape index (κ3) is 3.79. The van der Waals surface area contributed by atoms with Crippen LogP contribution in [0.3, 0.4) is 0 Å². The van der Waals surface area contributed by atoms with E-state index in [0.717, 1.165) is 71.4 Å². The van der Waals surface area contributed by atoms with Gasteiger partial charge >= 0.3 is 6.03 Å². The van der Waals surface area contributed by atoms with E-state index in [1.165, 1.54) is 0 Å². The number of nitrogens with one attached hydrogen (secondary N) is 1. The van der Waals surface area contributed by atoms with Crippen LogP contribution in [0.2, 0.25) is 0 Å². The van der Waals surface area contributed by atoms with Crippen LogP contribution in [-0.2, 0) is 4.79 Å². The molecule has 3 fully saturated rings. The first kappa shape index (κ1) is 16.6. The van der Waals surface area contributed by atoms with Gasteiger partial charge in [0.1, 0.15) is 0 Å². The number of carbonyl (C=O) groups excluding carboxylic acids is 2. The Bertz CT molecular complexity index is 436. The average molecular weight is 322 g/mol. The molecule has 130 valence electrons. The first-order chi connectivity index (χ1) is 11.2. The van der Waals surface area contributed by atoms with Gasteiger partial charge in [0.2, 0.25) is 5.91 Å². The molecule has 0 aromatic heterocycles. The van der Waals surface area contributed by atoms with Crippen molar-refractivity contribution in [1.29, 1.82) is 0 Å². The molecular formula is C17H30N4O2. The van der Waals surface area contributed by atoms with Crippen molar-refractivity contribution in [3.05, 3.63) is 0 Å². The fourth-order valence-corrected chi connectivity index (χ4v) is 4.21. The first-order valence-electron chi connectivity index (χ1n) is 9.16. The van der Waals surface area contributed by atoms with Crippen LogP contribution in [0, 0.1) is 11.8 Å². The highest BCUT2D eigenvalue weighted by molar-refractivity contribution is 5.81. The number of nitrogens with zero attached hydrogens (tertiary/aromatic N) is 3. The fraction of sp³-hybridized carbons (Fsp3) is 0.882. The number of hydrogen-bond acceptors (Lipinski definition) is 3. The van der Waals surface area contributed by atoms with Gasteiger partial charge in [-0.05, 0) is 51.6 Å². The third-order valence-electron chi connectivity index (χ3n) is 5.51. The molecule has 3 rings (SSSR count). The molecule has 0 saturated carbocycles. The van der Waals surface area contributed by atoms with Gasteiger partial charge in [0.25, 0.3) is 0 Å². The van der Waals surface area contributed by atoms with Gasteiger partial charge in [-0.2, -0.15) is 0 Å². The topological polar surface area (TPSA) is 55.9 Å². The Labute approximate surface area is 139 Å². The maximum absolute atomic E-state index is 12.8. The lowest BCUT2D eigenvalue weighted by Gasteiger charge is -2.36. The highest BCUT2D eigenvalue weighted by atomic mass is 16.2. The second kappa shape index (κ2) is 7.51. The monoisotopic (exact) mass is 322 g/mol. The van der Waals surface area contributed by atoms with Gasteiger partial charge in [-0.25, -0.2) is 4.79 Å². The summed E-state index contributed by atoms with van der Waals surface area (Å²) in [6.45, 7) is 5.91. The summed E-state index contributed by atoms with van der Waals surface area (Å²) in [6, 6.07) is 0.148. The number of carbonyl (C=O) groups is 2. The van der Waals surface area contributed by atoms with Crippen LogP contribution >= 0.6 is 0 Å². The first-order valence-corrected chi connectivity index (χ1v) is 9.16. The van der Waals surface area contributed by atoms with Crippen LogP contribution in [-0.4, -0.2) is 79.5 Å². The minimum Gasteiger partial charge on any atom is -0.342 e. The molecular weight excluding hydrogens is 292 g/mol. The van der Waals surface area contributed by atoms with Crippen molar-refractivity contribution in [2.75, 3.05) is 52.9 Å². The molecule has 0 aromatic carbocycles. The predicted octanol–water partition coefficient (Wildman–Crippen LogP) is 0.982. The summed E-state index contributed by atoms with van der Waals surface area (Å²) in [5, 5.41) is 3.21. The van der Waals surface area contributed by atoms with Crippen molar-refractivity contribution in [3.8, 4) is 0 Å². The van der Waals surface area contributed by atoms with E-state index in [4.69, 9.17) is 0 Å². The number of likely N-dealkylation sites (tertiary alicyclic amines) is 3. The summed E-state index contributed by atoms with van der Waals surface area (Å²) in [6.07, 6.45) is 5.19. The zero-order valence-electron chi connectivity index (χ0n) is 14.3. The van der Waals surface area contributed by atoms with E-state index < -0.39 is 0 Å². The van der Waals surface area contributed by atoms with Crippen LogP contribution in [0.4, 0.5) is 4.79 Å². The van der Waals surface area contributed by atoms with Gasteiger partial charge in [0, 0.05) is 39.3 Å². The number of amides is 3. The number of rotatable bonds is 3. The van der Waals surface area contributed by atoms with Crippen LogP contribution < -0.4 is 5.32 Å². The minimum atomic E-state index is 0.00337. The molecule has 6 nitrogen and oxygen atoms in total. The molecule has 2 unspecified atom stereocenters. The van der Waals surface area contributed by atoms with Crippen LogP contribution in [0.5, 0.6) is 0 Å². The van der Waals surface area contributed by atoms with Crippen molar-refractivity contribution in [3.63, 3.8) is 0 Å². The third-order valence-corrected chi connectivity index (χ3v) is 5.51. The summed E-state index contributed by atoms with van der Waals surface area (Å²) >= 11 is 0. The summed E-state index contributed by atoms with van der Waals surface area (Å²) < 4.78 is 0. The lowest BCUT2D eigenvalue weighted by molar-refractivity contribution is -0.136. The largest absolute Gasteiger partial charge is 0.342 e. The Morgan fingerprint density at radius 1 is 0.913 bits per heavy atom. The van der Waals surface area contributed by atoms with E-state index in [1.807, 2.05) is 21.7 Å². The lowest BCUT2D eigenvalue weighted by Crippen LogP contribution is -2.50. The number of piperidine rings is 1. The Hall–Kier alpha value is -1.30. The van der Waals surface area contributed by atoms with Crippen LogP contribution in [0.15, 0.2) is 0 Å². The normalized spacial score (nSPS) is 28.5. The second-order valence-electron chi connectivity index (χ2n) is 7.26. The van der Waals surface area contributed by atoms with Crippen molar-refractivity contribution in [2.45, 2.75) is 32.1 Å². The van der Waals surface area contributed by atoms with Gasteiger partial charge in [-0.1, -0.05) is 0 Å². The molecule has 0 aliphatic carbocycles. The van der Waals surface area contributed by atoms with Crippen molar-refractivity contribution < 1.29 is 9.59 Å². The Morgan fingerprint density at radius 3 is 2.39 bits per heavy atom. The van der Waals surface area contributed by atoms with Gasteiger partial charge in [0.15, 0.2) is 0 Å². The Kier molecular flexibility index (Phi) is 5.41. The van der Waals surface area contributed by atoms with E-state index in [-0.39, 0.29) is 17.9 Å². The van der Waals surface area contributed by atoms with Crippen molar-refractivity contribution in [1.82, 2.24) is 20.0 Å². The van der Waals surface area contributed by atoms with E-state index in [1.54, 1.807) is 0 Å². The van der Waals surface area contributed by atoms with E-state index in [0.29, 0.717) is 12.5 Å². The summed E-state index contributed by atoms with van der Waals surface area (Å²) in [5.74, 6) is 0.848. The standard InChI is InChI=1S/C17H30N4O2/c1-18-11-14-6-10-20(12-14)16(22)15-5-4-9-21(13-15)17(23)19-7-2-3-8-19/h14-15,18H,2-13H2,1H3. The summed E-state index contributed by atoms with van der Waals surface area (Å²) in [5.41, 5.74) is 0. The average Bonchev–Trinajstić information content (AvgIpc) is 3.26. The molecule has 3 aliphatic heterocycles. The Balaban J connectivity index is 1.53. The summed E-state index contributed by atoms with van der Waals surface area (Å²) in [4.78, 5) is 31.2. The molecule has 23 heavy (non-hydrogen) atoms. The molecule has 3 heterocycles. The fourth-order valence-electron chi connectivity index (χ4n) is 4.21. The zero-order valence-corrected chi connectivity index (χ0v) is 14.3. The molecule has 0 radical (unpaired) electrons. The number of hydrogen-bond donors (Lipinski definition) is 1. The van der Waals surface area contributed by atoms with Gasteiger partial charge in [-0.3, -0.25) is 4.79 Å². The highest BCUT2D eigenvalue weighted by Gasteiger charge is 2.35. The molecule has 0 bridgehead atoms. The lowest BCUT2D eigenvalue weighted by atomic mass is 9.96. The maximum atomic E-state index is 12.8. The van der Waals surface area contributed by atoms with Crippen LogP contribution in [0.25, 0.3) is 0 Å². The molecule has 3 saturated heterocycles. The Morgan fingerprint density at radius 2 is 1.65 bits per heavy atom. The molecule has 3 aliphatic rings. The molecule has 0 spiro atoms. The van der Waals surface area contributed by atoms with E-state index in [9.17, 15) is 9.59 Å². The van der Waals surface area contributed by atoms with Crippen molar-refractivity contribution in [2.24, 2.45) is 11.8 Å². The molecule has 2 atom stereocenters. The minimum absolute atomic E-state index is 0.00337. The number of urea groups is 1.